The van der Waals surface area contributed by atoms with Crippen molar-refractivity contribution in [2.45, 2.75) is 12.8 Å². The Morgan fingerprint density at radius 1 is 1.33 bits per heavy atom. The lowest BCUT2D eigenvalue weighted by Crippen LogP contribution is -2.42. The van der Waals surface area contributed by atoms with E-state index in [0.29, 0.717) is 30.8 Å². The maximum absolute atomic E-state index is 12.6. The Morgan fingerprint density at radius 3 is 2.75 bits per heavy atom. The van der Waals surface area contributed by atoms with Gasteiger partial charge in [-0.3, -0.25) is 14.7 Å². The standard InChI is InChI=1S/C17H19N3O4/c1-24-13-6-4-11(5-7-13)14-9-15(19-18-14)16(21)20-8-2-3-12(10-20)17(22)23/h4-7,9,12H,2-3,8,10H2,1H3,(H,18,19)(H,22,23)/t12-/m1/s1. The molecule has 2 aromatic rings. The lowest BCUT2D eigenvalue weighted by molar-refractivity contribution is -0.143. The molecular formula is C17H19N3O4. The van der Waals surface area contributed by atoms with Gasteiger partial charge in [-0.15, -0.1) is 0 Å². The number of hydrogen-bond donors (Lipinski definition) is 2. The van der Waals surface area contributed by atoms with Gasteiger partial charge in [0.25, 0.3) is 5.91 Å². The number of piperidine rings is 1. The maximum atomic E-state index is 12.6. The summed E-state index contributed by atoms with van der Waals surface area (Å²) in [6.07, 6.45) is 1.31. The molecule has 0 saturated carbocycles. The minimum atomic E-state index is -0.851. The molecule has 7 heteroatoms. The third kappa shape index (κ3) is 3.24. The number of benzene rings is 1. The van der Waals surface area contributed by atoms with E-state index in [-0.39, 0.29) is 12.5 Å². The number of ether oxygens (including phenoxy) is 1. The number of hydrogen-bond acceptors (Lipinski definition) is 4. The Bertz CT molecular complexity index is 739. The number of aliphatic carboxylic acids is 1. The summed E-state index contributed by atoms with van der Waals surface area (Å²) in [5.74, 6) is -0.811. The number of rotatable bonds is 4. The van der Waals surface area contributed by atoms with Crippen molar-refractivity contribution in [2.24, 2.45) is 5.92 Å². The summed E-state index contributed by atoms with van der Waals surface area (Å²) in [5, 5.41) is 16.1. The largest absolute Gasteiger partial charge is 0.497 e. The molecule has 1 aliphatic rings. The van der Waals surface area contributed by atoms with Gasteiger partial charge in [0, 0.05) is 18.7 Å². The average molecular weight is 329 g/mol. The molecule has 1 aliphatic heterocycles. The van der Waals surface area contributed by atoms with Crippen molar-refractivity contribution in [1.82, 2.24) is 15.1 Å². The fraction of sp³-hybridized carbons (Fsp3) is 0.353. The highest BCUT2D eigenvalue weighted by Gasteiger charge is 2.29. The van der Waals surface area contributed by atoms with E-state index in [0.717, 1.165) is 11.3 Å². The molecule has 0 bridgehead atoms. The first kappa shape index (κ1) is 16.0. The van der Waals surface area contributed by atoms with Crippen LogP contribution in [0.15, 0.2) is 30.3 Å². The lowest BCUT2D eigenvalue weighted by atomic mass is 9.98. The van der Waals surface area contributed by atoms with Crippen molar-refractivity contribution in [3.63, 3.8) is 0 Å². The third-order valence-corrected chi connectivity index (χ3v) is 4.25. The number of carboxylic acids is 1. The van der Waals surface area contributed by atoms with Gasteiger partial charge in [-0.1, -0.05) is 0 Å². The van der Waals surface area contributed by atoms with Gasteiger partial charge in [0.05, 0.1) is 18.7 Å². The highest BCUT2D eigenvalue weighted by Crippen LogP contribution is 2.23. The summed E-state index contributed by atoms with van der Waals surface area (Å²) in [5.41, 5.74) is 1.90. The van der Waals surface area contributed by atoms with Crippen molar-refractivity contribution in [2.75, 3.05) is 20.2 Å². The van der Waals surface area contributed by atoms with Crippen molar-refractivity contribution >= 4 is 11.9 Å². The van der Waals surface area contributed by atoms with Crippen LogP contribution < -0.4 is 4.74 Å². The van der Waals surface area contributed by atoms with E-state index in [1.54, 1.807) is 18.1 Å². The Kier molecular flexibility index (Phi) is 4.50. The van der Waals surface area contributed by atoms with E-state index in [1.807, 2.05) is 24.3 Å². The Labute approximate surface area is 139 Å². The predicted molar refractivity (Wildman–Crippen MR) is 86.8 cm³/mol. The molecule has 1 atom stereocenters. The average Bonchev–Trinajstić information content (AvgIpc) is 3.11. The second kappa shape index (κ2) is 6.74. The molecule has 1 fully saturated rings. The van der Waals surface area contributed by atoms with Crippen LogP contribution in [-0.4, -0.2) is 52.3 Å². The summed E-state index contributed by atoms with van der Waals surface area (Å²) in [4.78, 5) is 25.3. The first-order valence-electron chi connectivity index (χ1n) is 7.80. The molecule has 1 saturated heterocycles. The SMILES string of the molecule is COc1ccc(-c2cc(C(=O)N3CCC[C@@H](C(=O)O)C3)[nH]n2)cc1. The molecule has 0 aliphatic carbocycles. The number of likely N-dealkylation sites (tertiary alicyclic amines) is 1. The van der Waals surface area contributed by atoms with Crippen molar-refractivity contribution in [3.8, 4) is 17.0 Å². The van der Waals surface area contributed by atoms with E-state index in [9.17, 15) is 9.59 Å². The number of aromatic amines is 1. The van der Waals surface area contributed by atoms with E-state index >= 15 is 0 Å². The molecule has 126 valence electrons. The van der Waals surface area contributed by atoms with Crippen LogP contribution in [0.3, 0.4) is 0 Å². The topological polar surface area (TPSA) is 95.5 Å². The number of methoxy groups -OCH3 is 1. The first-order valence-corrected chi connectivity index (χ1v) is 7.80. The van der Waals surface area contributed by atoms with E-state index in [1.165, 1.54) is 0 Å². The Hall–Kier alpha value is -2.83. The van der Waals surface area contributed by atoms with Crippen molar-refractivity contribution in [3.05, 3.63) is 36.0 Å². The van der Waals surface area contributed by atoms with Crippen LogP contribution in [0.4, 0.5) is 0 Å². The van der Waals surface area contributed by atoms with Crippen molar-refractivity contribution in [1.29, 1.82) is 0 Å². The van der Waals surface area contributed by atoms with Gasteiger partial charge in [-0.2, -0.15) is 5.10 Å². The fourth-order valence-electron chi connectivity index (χ4n) is 2.87. The minimum Gasteiger partial charge on any atom is -0.497 e. The number of nitrogens with zero attached hydrogens (tertiary/aromatic N) is 2. The summed E-state index contributed by atoms with van der Waals surface area (Å²) >= 11 is 0. The molecular weight excluding hydrogens is 310 g/mol. The van der Waals surface area contributed by atoms with E-state index in [4.69, 9.17) is 9.84 Å². The van der Waals surface area contributed by atoms with Crippen molar-refractivity contribution < 1.29 is 19.4 Å². The van der Waals surface area contributed by atoms with Gasteiger partial charge < -0.3 is 14.7 Å². The Balaban J connectivity index is 1.74. The van der Waals surface area contributed by atoms with Gasteiger partial charge in [-0.25, -0.2) is 0 Å². The molecule has 1 aromatic carbocycles. The normalized spacial score (nSPS) is 17.5. The van der Waals surface area contributed by atoms with Gasteiger partial charge in [0.1, 0.15) is 11.4 Å². The predicted octanol–water partition coefficient (Wildman–Crippen LogP) is 2.02. The third-order valence-electron chi connectivity index (χ3n) is 4.25. The quantitative estimate of drug-likeness (QED) is 0.895. The number of H-pyrrole nitrogens is 1. The van der Waals surface area contributed by atoms with Gasteiger partial charge >= 0.3 is 5.97 Å². The van der Waals surface area contributed by atoms with E-state index in [2.05, 4.69) is 10.2 Å². The zero-order chi connectivity index (χ0) is 17.1. The number of carbonyl (C=O) groups excluding carboxylic acids is 1. The molecule has 1 aromatic heterocycles. The number of carboxylic acid groups (broad SMARTS) is 1. The second-order valence-electron chi connectivity index (χ2n) is 5.82. The maximum Gasteiger partial charge on any atom is 0.308 e. The summed E-state index contributed by atoms with van der Waals surface area (Å²) in [6.45, 7) is 0.810. The first-order chi connectivity index (χ1) is 11.6. The molecule has 1 amide bonds. The number of nitrogens with one attached hydrogen (secondary N) is 1. The van der Waals surface area contributed by atoms with E-state index < -0.39 is 11.9 Å². The smallest absolute Gasteiger partial charge is 0.308 e. The van der Waals surface area contributed by atoms with Crippen LogP contribution in [0.2, 0.25) is 0 Å². The van der Waals surface area contributed by atoms with Gasteiger partial charge in [-0.05, 0) is 43.2 Å². The Morgan fingerprint density at radius 2 is 2.08 bits per heavy atom. The zero-order valence-corrected chi connectivity index (χ0v) is 13.4. The molecule has 24 heavy (non-hydrogen) atoms. The van der Waals surface area contributed by atoms with Crippen LogP contribution >= 0.6 is 0 Å². The molecule has 2 N–H and O–H groups in total. The highest BCUT2D eigenvalue weighted by molar-refractivity contribution is 5.93. The number of amides is 1. The van der Waals surface area contributed by atoms with Crippen LogP contribution in [0.25, 0.3) is 11.3 Å². The van der Waals surface area contributed by atoms with Crippen LogP contribution in [0, 0.1) is 5.92 Å². The van der Waals surface area contributed by atoms with Gasteiger partial charge in [0.2, 0.25) is 0 Å². The molecule has 0 radical (unpaired) electrons. The molecule has 2 heterocycles. The second-order valence-corrected chi connectivity index (χ2v) is 5.82. The molecule has 7 nitrogen and oxygen atoms in total. The molecule has 0 unspecified atom stereocenters. The van der Waals surface area contributed by atoms with Crippen LogP contribution in [0.5, 0.6) is 5.75 Å². The monoisotopic (exact) mass is 329 g/mol. The minimum absolute atomic E-state index is 0.215. The number of carbonyl (C=O) groups is 2. The van der Waals surface area contributed by atoms with Crippen LogP contribution in [-0.2, 0) is 4.79 Å². The summed E-state index contributed by atoms with van der Waals surface area (Å²) in [6, 6.07) is 9.07. The highest BCUT2D eigenvalue weighted by atomic mass is 16.5. The lowest BCUT2D eigenvalue weighted by Gasteiger charge is -2.30. The summed E-state index contributed by atoms with van der Waals surface area (Å²) in [7, 11) is 1.60. The van der Waals surface area contributed by atoms with Gasteiger partial charge in [0.15, 0.2) is 0 Å². The number of aromatic nitrogens is 2. The molecule has 3 rings (SSSR count). The molecule has 0 spiro atoms. The fourth-order valence-corrected chi connectivity index (χ4v) is 2.87. The summed E-state index contributed by atoms with van der Waals surface area (Å²) < 4.78 is 5.12. The van der Waals surface area contributed by atoms with Crippen LogP contribution in [0.1, 0.15) is 23.3 Å². The zero-order valence-electron chi connectivity index (χ0n) is 13.4.